The Morgan fingerprint density at radius 2 is 1.38 bits per heavy atom. The summed E-state index contributed by atoms with van der Waals surface area (Å²) in [6.45, 7) is 3.38. The smallest absolute Gasteiger partial charge is 0.493 e. The molecule has 4 rings (SSSR count). The number of phosphoric ester groups is 1. The first-order chi connectivity index (χ1) is 23.0. The van der Waals surface area contributed by atoms with Crippen LogP contribution in [-0.4, -0.2) is 37.9 Å². The van der Waals surface area contributed by atoms with Crippen molar-refractivity contribution in [3.8, 4) is 17.2 Å². The van der Waals surface area contributed by atoms with Gasteiger partial charge in [0.2, 0.25) is 5.51 Å². The Balaban J connectivity index is 1.21. The number of fused-ring (bicyclic) bond motifs is 1. The van der Waals surface area contributed by atoms with E-state index in [1.165, 1.54) is 71.3 Å². The van der Waals surface area contributed by atoms with E-state index in [1.54, 1.807) is 23.5 Å². The summed E-state index contributed by atoms with van der Waals surface area (Å²) in [5, 5.41) is 3.86. The van der Waals surface area contributed by atoms with Crippen molar-refractivity contribution in [1.82, 2.24) is 0 Å². The first-order valence-electron chi connectivity index (χ1n) is 16.9. The minimum absolute atomic E-state index is 0.116. The molecular weight excluding hydrogens is 633 g/mol. The molecule has 0 spiro atoms. The van der Waals surface area contributed by atoms with E-state index in [4.69, 9.17) is 23.3 Å². The molecule has 0 aliphatic heterocycles. The number of hydrogen-bond acceptors (Lipinski definition) is 7. The van der Waals surface area contributed by atoms with Gasteiger partial charge in [-0.15, -0.1) is 0 Å². The maximum atomic E-state index is 12.9. The van der Waals surface area contributed by atoms with Gasteiger partial charge in [0.1, 0.15) is 30.0 Å². The van der Waals surface area contributed by atoms with Gasteiger partial charge in [0, 0.05) is 17.9 Å². The molecule has 0 aliphatic rings. The van der Waals surface area contributed by atoms with Crippen LogP contribution in [0.1, 0.15) is 83.1 Å². The Hall–Kier alpha value is -2.94. The summed E-state index contributed by atoms with van der Waals surface area (Å²) in [5.41, 5.74) is 2.72. The Bertz CT molecular complexity index is 1500. The van der Waals surface area contributed by atoms with Gasteiger partial charge in [-0.3, -0.25) is 9.42 Å². The molecule has 2 unspecified atom stereocenters. The zero-order valence-corrected chi connectivity index (χ0v) is 29.6. The SMILES string of the molecule is CCCCCCCCCCCCCOc1cccc2c(OCC(COP(=O)(O)Oc3ccccc3C[n+]3ccsc3)OC)cccc12. The summed E-state index contributed by atoms with van der Waals surface area (Å²) in [6, 6.07) is 18.9. The standard InChI is InChI=1S/C37H50NO7PS/c1-3-4-5-6-7-8-9-10-11-12-15-25-42-36-22-16-20-34-33(36)19-17-23-37(34)43-28-32(41-2)29-44-46(39,40)45-35-21-14-13-18-31(35)27-38-24-26-47-30-38/h13-14,16-24,26,30,32H,3-12,15,25,27-29H2,1-2H3/p+1. The topological polar surface area (TPSA) is 87.3 Å². The average molecular weight is 685 g/mol. The van der Waals surface area contributed by atoms with Crippen molar-refractivity contribution in [3.63, 3.8) is 0 Å². The monoisotopic (exact) mass is 684 g/mol. The van der Waals surface area contributed by atoms with Crippen LogP contribution in [0.2, 0.25) is 0 Å². The lowest BCUT2D eigenvalue weighted by molar-refractivity contribution is -0.683. The van der Waals surface area contributed by atoms with Crippen molar-refractivity contribution in [1.29, 1.82) is 0 Å². The molecule has 2 atom stereocenters. The molecule has 0 radical (unpaired) electrons. The van der Waals surface area contributed by atoms with E-state index in [9.17, 15) is 9.46 Å². The molecule has 0 bridgehead atoms. The van der Waals surface area contributed by atoms with Crippen molar-refractivity contribution in [2.45, 2.75) is 90.2 Å². The molecule has 10 heteroatoms. The van der Waals surface area contributed by atoms with E-state index in [2.05, 4.69) is 6.92 Å². The highest BCUT2D eigenvalue weighted by Crippen LogP contribution is 2.45. The number of aromatic nitrogens is 1. The van der Waals surface area contributed by atoms with Crippen LogP contribution in [0.5, 0.6) is 17.2 Å². The highest BCUT2D eigenvalue weighted by molar-refractivity contribution is 7.47. The van der Waals surface area contributed by atoms with Crippen molar-refractivity contribution in [2.75, 3.05) is 26.9 Å². The minimum Gasteiger partial charge on any atom is -0.493 e. The molecule has 0 fully saturated rings. The molecule has 0 saturated heterocycles. The number of nitrogens with zero attached hydrogens (tertiary/aromatic N) is 1. The third kappa shape index (κ3) is 12.9. The zero-order chi connectivity index (χ0) is 33.2. The van der Waals surface area contributed by atoms with Gasteiger partial charge in [0.05, 0.1) is 24.2 Å². The number of phosphoric acid groups is 1. The van der Waals surface area contributed by atoms with Crippen LogP contribution in [0, 0.1) is 0 Å². The summed E-state index contributed by atoms with van der Waals surface area (Å²) in [5.74, 6) is 1.80. The van der Waals surface area contributed by atoms with Gasteiger partial charge < -0.3 is 18.7 Å². The lowest BCUT2D eigenvalue weighted by Gasteiger charge is -2.20. The van der Waals surface area contributed by atoms with E-state index in [0.29, 0.717) is 24.7 Å². The first-order valence-corrected chi connectivity index (χ1v) is 19.4. The maximum Gasteiger partial charge on any atom is 0.527 e. The van der Waals surface area contributed by atoms with Crippen molar-refractivity contribution in [3.05, 3.63) is 83.3 Å². The Morgan fingerprint density at radius 3 is 2.02 bits per heavy atom. The van der Waals surface area contributed by atoms with Crippen molar-refractivity contribution < 1.29 is 37.3 Å². The van der Waals surface area contributed by atoms with Crippen LogP contribution in [0.15, 0.2) is 77.8 Å². The van der Waals surface area contributed by atoms with Gasteiger partial charge in [-0.1, -0.05) is 119 Å². The summed E-state index contributed by atoms with van der Waals surface area (Å²) in [7, 11) is -2.92. The number of thiazole rings is 1. The second-order valence-electron chi connectivity index (χ2n) is 11.8. The molecule has 0 saturated carbocycles. The summed E-state index contributed by atoms with van der Waals surface area (Å²) in [4.78, 5) is 10.5. The Morgan fingerprint density at radius 1 is 0.766 bits per heavy atom. The predicted molar refractivity (Wildman–Crippen MR) is 189 cm³/mol. The van der Waals surface area contributed by atoms with Crippen LogP contribution in [0.4, 0.5) is 0 Å². The second kappa shape index (κ2) is 20.4. The van der Waals surface area contributed by atoms with E-state index in [-0.39, 0.29) is 13.2 Å². The molecule has 1 aromatic heterocycles. The maximum absolute atomic E-state index is 12.9. The molecular formula is C37H51NO7PS+. The van der Waals surface area contributed by atoms with E-state index < -0.39 is 13.9 Å². The van der Waals surface area contributed by atoms with Gasteiger partial charge in [-0.05, 0) is 30.7 Å². The molecule has 0 aliphatic carbocycles. The van der Waals surface area contributed by atoms with E-state index in [1.807, 2.05) is 70.2 Å². The first kappa shape index (κ1) is 36.9. The van der Waals surface area contributed by atoms with Crippen LogP contribution in [-0.2, 0) is 20.4 Å². The van der Waals surface area contributed by atoms with Crippen LogP contribution in [0.3, 0.4) is 0 Å². The second-order valence-corrected chi connectivity index (χ2v) is 14.0. The molecule has 8 nitrogen and oxygen atoms in total. The summed E-state index contributed by atoms with van der Waals surface area (Å²) >= 11 is 1.57. The number of methoxy groups -OCH3 is 1. The minimum atomic E-state index is -4.43. The quantitative estimate of drug-likeness (QED) is 0.0447. The third-order valence-electron chi connectivity index (χ3n) is 8.10. The molecule has 256 valence electrons. The number of rotatable bonds is 24. The van der Waals surface area contributed by atoms with Crippen LogP contribution >= 0.6 is 19.2 Å². The van der Waals surface area contributed by atoms with Crippen molar-refractivity contribution in [2.24, 2.45) is 0 Å². The van der Waals surface area contributed by atoms with Crippen LogP contribution < -0.4 is 18.6 Å². The molecule has 1 N–H and O–H groups in total. The van der Waals surface area contributed by atoms with E-state index in [0.717, 1.165) is 28.5 Å². The average Bonchev–Trinajstić information content (AvgIpc) is 3.59. The number of hydrogen-bond donors (Lipinski definition) is 1. The van der Waals surface area contributed by atoms with Gasteiger partial charge in [-0.2, -0.15) is 4.57 Å². The molecule has 0 amide bonds. The largest absolute Gasteiger partial charge is 0.527 e. The fourth-order valence-corrected chi connectivity index (χ4v) is 6.85. The lowest BCUT2D eigenvalue weighted by atomic mass is 10.1. The molecule has 4 aromatic rings. The molecule has 1 heterocycles. The number of unbranched alkanes of at least 4 members (excludes halogenated alkanes) is 10. The van der Waals surface area contributed by atoms with Crippen LogP contribution in [0.25, 0.3) is 10.8 Å². The number of ether oxygens (including phenoxy) is 3. The highest BCUT2D eigenvalue weighted by Gasteiger charge is 2.27. The predicted octanol–water partition coefficient (Wildman–Crippen LogP) is 9.52. The number of benzene rings is 3. The fourth-order valence-electron chi connectivity index (χ4n) is 5.42. The summed E-state index contributed by atoms with van der Waals surface area (Å²) in [6.07, 6.45) is 15.6. The van der Waals surface area contributed by atoms with Gasteiger partial charge in [0.25, 0.3) is 0 Å². The fraction of sp³-hybridized carbons (Fsp3) is 0.486. The highest BCUT2D eigenvalue weighted by atomic mass is 32.1. The molecule has 47 heavy (non-hydrogen) atoms. The van der Waals surface area contributed by atoms with Gasteiger partial charge >= 0.3 is 7.82 Å². The van der Waals surface area contributed by atoms with E-state index >= 15 is 0 Å². The van der Waals surface area contributed by atoms with Crippen molar-refractivity contribution >= 4 is 29.9 Å². The Kier molecular flexibility index (Phi) is 16.0. The van der Waals surface area contributed by atoms with Gasteiger partial charge in [-0.25, -0.2) is 4.57 Å². The summed E-state index contributed by atoms with van der Waals surface area (Å²) < 4.78 is 43.5. The lowest BCUT2D eigenvalue weighted by Crippen LogP contribution is -2.30. The zero-order valence-electron chi connectivity index (χ0n) is 27.9. The molecule has 3 aromatic carbocycles. The Labute approximate surface area is 284 Å². The van der Waals surface area contributed by atoms with Gasteiger partial charge in [0.15, 0.2) is 12.7 Å². The number of para-hydroxylation sites is 1. The normalized spacial score (nSPS) is 13.3. The third-order valence-corrected chi connectivity index (χ3v) is 9.67.